The lowest BCUT2D eigenvalue weighted by atomic mass is 10.3. The van der Waals surface area contributed by atoms with Gasteiger partial charge in [0.15, 0.2) is 0 Å². The molecule has 2 N–H and O–H groups in total. The minimum Gasteiger partial charge on any atom is -0.326 e. The molecular formula is C13H14BrFN2O2S2. The van der Waals surface area contributed by atoms with Crippen molar-refractivity contribution < 1.29 is 12.8 Å². The molecule has 21 heavy (non-hydrogen) atoms. The van der Waals surface area contributed by atoms with E-state index < -0.39 is 15.8 Å². The van der Waals surface area contributed by atoms with Gasteiger partial charge in [-0.25, -0.2) is 12.8 Å². The molecule has 0 saturated heterocycles. The van der Waals surface area contributed by atoms with Crippen LogP contribution >= 0.6 is 27.3 Å². The van der Waals surface area contributed by atoms with Crippen molar-refractivity contribution in [3.8, 4) is 0 Å². The van der Waals surface area contributed by atoms with Gasteiger partial charge < -0.3 is 5.73 Å². The molecule has 0 amide bonds. The zero-order chi connectivity index (χ0) is 15.6. The fraction of sp³-hybridized carbons (Fsp3) is 0.231. The molecule has 0 unspecified atom stereocenters. The highest BCUT2D eigenvalue weighted by Crippen LogP contribution is 2.35. The summed E-state index contributed by atoms with van der Waals surface area (Å²) in [6.07, 6.45) is 0. The molecule has 1 heterocycles. The number of halogens is 2. The Morgan fingerprint density at radius 2 is 2.05 bits per heavy atom. The van der Waals surface area contributed by atoms with Gasteiger partial charge >= 0.3 is 0 Å². The first kappa shape index (κ1) is 16.4. The Labute approximate surface area is 135 Å². The molecule has 114 valence electrons. The Kier molecular flexibility index (Phi) is 5.03. The van der Waals surface area contributed by atoms with E-state index in [0.717, 1.165) is 9.18 Å². The van der Waals surface area contributed by atoms with E-state index in [4.69, 9.17) is 5.73 Å². The van der Waals surface area contributed by atoms with E-state index in [-0.39, 0.29) is 23.7 Å². The predicted molar refractivity (Wildman–Crippen MR) is 86.5 cm³/mol. The minimum atomic E-state index is -3.85. The fourth-order valence-corrected chi connectivity index (χ4v) is 5.91. The van der Waals surface area contributed by atoms with Gasteiger partial charge in [0.05, 0.1) is 9.47 Å². The number of hydrogen-bond donors (Lipinski definition) is 1. The van der Waals surface area contributed by atoms with Crippen LogP contribution in [0.25, 0.3) is 0 Å². The van der Waals surface area contributed by atoms with Crippen molar-refractivity contribution in [1.29, 1.82) is 0 Å². The normalized spacial score (nSPS) is 11.6. The number of benzene rings is 1. The summed E-state index contributed by atoms with van der Waals surface area (Å²) >= 11 is 4.51. The van der Waals surface area contributed by atoms with Crippen LogP contribution in [-0.4, -0.2) is 15.0 Å². The highest BCUT2D eigenvalue weighted by Gasteiger charge is 2.29. The summed E-state index contributed by atoms with van der Waals surface area (Å²) in [5, 5.41) is 0. The number of rotatable bonds is 5. The smallest absolute Gasteiger partial charge is 0.266 e. The van der Waals surface area contributed by atoms with Crippen LogP contribution < -0.4 is 10.0 Å². The summed E-state index contributed by atoms with van der Waals surface area (Å²) in [6, 6.07) is 7.33. The van der Waals surface area contributed by atoms with Gasteiger partial charge in [0.1, 0.15) is 10.7 Å². The monoisotopic (exact) mass is 392 g/mol. The fourth-order valence-electron chi connectivity index (χ4n) is 1.92. The average molecular weight is 393 g/mol. The first-order valence-corrected chi connectivity index (χ1v) is 9.22. The van der Waals surface area contributed by atoms with E-state index in [1.807, 2.05) is 0 Å². The zero-order valence-corrected chi connectivity index (χ0v) is 14.4. The molecule has 1 aromatic heterocycles. The number of sulfonamides is 1. The van der Waals surface area contributed by atoms with E-state index >= 15 is 0 Å². The molecule has 4 nitrogen and oxygen atoms in total. The first-order valence-electron chi connectivity index (χ1n) is 6.17. The topological polar surface area (TPSA) is 63.4 Å². The summed E-state index contributed by atoms with van der Waals surface area (Å²) < 4.78 is 41.0. The molecule has 0 aliphatic heterocycles. The van der Waals surface area contributed by atoms with Gasteiger partial charge in [-0.3, -0.25) is 4.31 Å². The summed E-state index contributed by atoms with van der Waals surface area (Å²) in [7, 11) is -3.85. The number of nitrogens with two attached hydrogens (primary N) is 1. The molecule has 8 heteroatoms. The molecule has 0 aliphatic rings. The van der Waals surface area contributed by atoms with E-state index in [2.05, 4.69) is 15.9 Å². The highest BCUT2D eigenvalue weighted by atomic mass is 79.9. The van der Waals surface area contributed by atoms with Crippen LogP contribution in [0, 0.1) is 5.82 Å². The van der Waals surface area contributed by atoms with Gasteiger partial charge in [0, 0.05) is 18.0 Å². The van der Waals surface area contributed by atoms with Gasteiger partial charge in [0.2, 0.25) is 0 Å². The van der Waals surface area contributed by atoms with Crippen molar-refractivity contribution in [3.63, 3.8) is 0 Å². The maximum Gasteiger partial charge on any atom is 0.266 e. The van der Waals surface area contributed by atoms with E-state index in [1.54, 1.807) is 13.0 Å². The summed E-state index contributed by atoms with van der Waals surface area (Å²) in [5.41, 5.74) is 5.57. The highest BCUT2D eigenvalue weighted by molar-refractivity contribution is 9.11. The largest absolute Gasteiger partial charge is 0.326 e. The molecule has 1 aromatic carbocycles. The number of hydrogen-bond acceptors (Lipinski definition) is 4. The Morgan fingerprint density at radius 3 is 2.57 bits per heavy atom. The van der Waals surface area contributed by atoms with Gasteiger partial charge in [-0.1, -0.05) is 12.1 Å². The van der Waals surface area contributed by atoms with Gasteiger partial charge in [-0.05, 0) is 41.1 Å². The van der Waals surface area contributed by atoms with Crippen molar-refractivity contribution >= 4 is 43.0 Å². The Hall–Kier alpha value is -0.960. The van der Waals surface area contributed by atoms with Gasteiger partial charge in [-0.2, -0.15) is 0 Å². The molecule has 0 spiro atoms. The van der Waals surface area contributed by atoms with E-state index in [1.165, 1.54) is 35.6 Å². The summed E-state index contributed by atoms with van der Waals surface area (Å²) in [5.74, 6) is -0.576. The second-order valence-corrected chi connectivity index (χ2v) is 8.46. The predicted octanol–water partition coefficient (Wildman–Crippen LogP) is 3.32. The summed E-state index contributed by atoms with van der Waals surface area (Å²) in [6.45, 7) is 2.04. The van der Waals surface area contributed by atoms with Crippen LogP contribution in [0.15, 0.2) is 39.0 Å². The maximum atomic E-state index is 13.9. The minimum absolute atomic E-state index is 0.0346. The standard InChI is InChI=1S/C13H14BrFN2O2S2/c1-2-17(11-6-4-3-5-10(11)15)21(18,19)12-7-9(8-16)20-13(12)14/h3-7H,2,8,16H2,1H3. The number of nitrogens with zero attached hydrogens (tertiary/aromatic N) is 1. The van der Waals surface area contributed by atoms with Crippen molar-refractivity contribution in [2.24, 2.45) is 5.73 Å². The van der Waals surface area contributed by atoms with Crippen molar-refractivity contribution in [2.45, 2.75) is 18.4 Å². The second kappa shape index (κ2) is 6.43. The Balaban J connectivity index is 2.55. The maximum absolute atomic E-state index is 13.9. The molecule has 0 radical (unpaired) electrons. The molecule has 2 aromatic rings. The Bertz CT molecular complexity index is 746. The summed E-state index contributed by atoms with van der Waals surface area (Å²) in [4.78, 5) is 0.850. The lowest BCUT2D eigenvalue weighted by Crippen LogP contribution is -2.31. The van der Waals surface area contributed by atoms with Crippen molar-refractivity contribution in [1.82, 2.24) is 0 Å². The number of para-hydroxylation sites is 1. The lowest BCUT2D eigenvalue weighted by molar-refractivity contribution is 0.586. The second-order valence-electron chi connectivity index (χ2n) is 4.18. The number of anilines is 1. The third-order valence-electron chi connectivity index (χ3n) is 2.88. The average Bonchev–Trinajstić information content (AvgIpc) is 2.83. The van der Waals surface area contributed by atoms with Crippen molar-refractivity contribution in [3.05, 3.63) is 44.8 Å². The third-order valence-corrected chi connectivity index (χ3v) is 7.05. The van der Waals surface area contributed by atoms with Crippen LogP contribution in [-0.2, 0) is 16.6 Å². The van der Waals surface area contributed by atoms with Gasteiger partial charge in [-0.15, -0.1) is 11.3 Å². The third kappa shape index (κ3) is 3.13. The SMILES string of the molecule is CCN(c1ccccc1F)S(=O)(=O)c1cc(CN)sc1Br. The lowest BCUT2D eigenvalue weighted by Gasteiger charge is -2.23. The van der Waals surface area contributed by atoms with E-state index in [9.17, 15) is 12.8 Å². The molecule has 0 fully saturated rings. The molecular weight excluding hydrogens is 379 g/mol. The molecule has 0 saturated carbocycles. The molecule has 2 rings (SSSR count). The van der Waals surface area contributed by atoms with Crippen LogP contribution in [0.1, 0.15) is 11.8 Å². The van der Waals surface area contributed by atoms with Crippen LogP contribution in [0.4, 0.5) is 10.1 Å². The zero-order valence-electron chi connectivity index (χ0n) is 11.2. The molecule has 0 aliphatic carbocycles. The van der Waals surface area contributed by atoms with E-state index in [0.29, 0.717) is 3.79 Å². The van der Waals surface area contributed by atoms with Gasteiger partial charge in [0.25, 0.3) is 10.0 Å². The van der Waals surface area contributed by atoms with Crippen LogP contribution in [0.5, 0.6) is 0 Å². The Morgan fingerprint density at radius 1 is 1.38 bits per heavy atom. The quantitative estimate of drug-likeness (QED) is 0.848. The number of thiophene rings is 1. The molecule has 0 atom stereocenters. The van der Waals surface area contributed by atoms with Crippen molar-refractivity contribution in [2.75, 3.05) is 10.8 Å². The molecule has 0 bridgehead atoms. The van der Waals surface area contributed by atoms with Crippen LogP contribution in [0.3, 0.4) is 0 Å². The first-order chi connectivity index (χ1) is 9.91. The van der Waals surface area contributed by atoms with Crippen LogP contribution in [0.2, 0.25) is 0 Å².